The van der Waals surface area contributed by atoms with Gasteiger partial charge in [-0.1, -0.05) is 12.1 Å². The van der Waals surface area contributed by atoms with Crippen LogP contribution in [0.3, 0.4) is 0 Å². The van der Waals surface area contributed by atoms with E-state index in [1.807, 2.05) is 0 Å². The zero-order chi connectivity index (χ0) is 10.4. The maximum Gasteiger partial charge on any atom is 0.339 e. The van der Waals surface area contributed by atoms with E-state index in [-0.39, 0.29) is 5.56 Å². The molecular formula is C10H11ClO3. The number of para-hydroxylation sites is 1. The standard InChI is InChI=1S/C10H11ClO3/c11-6-3-7-14-9-5-2-1-4-8(9)10(12)13/h1-2,4-5H,3,6-7H2,(H,12,13). The molecule has 0 fully saturated rings. The van der Waals surface area contributed by atoms with Gasteiger partial charge in [-0.2, -0.15) is 0 Å². The number of carboxylic acids is 1. The molecule has 0 atom stereocenters. The van der Waals surface area contributed by atoms with Gasteiger partial charge in [0, 0.05) is 5.88 Å². The lowest BCUT2D eigenvalue weighted by atomic mass is 10.2. The normalized spacial score (nSPS) is 9.79. The Kier molecular flexibility index (Phi) is 4.26. The predicted molar refractivity (Wildman–Crippen MR) is 54.2 cm³/mol. The van der Waals surface area contributed by atoms with Gasteiger partial charge in [0.15, 0.2) is 0 Å². The second-order valence-corrected chi connectivity index (χ2v) is 3.07. The minimum absolute atomic E-state index is 0.182. The van der Waals surface area contributed by atoms with Crippen LogP contribution in [-0.2, 0) is 0 Å². The molecule has 0 radical (unpaired) electrons. The van der Waals surface area contributed by atoms with Crippen LogP contribution in [0.25, 0.3) is 0 Å². The number of carbonyl (C=O) groups is 1. The summed E-state index contributed by atoms with van der Waals surface area (Å²) < 4.78 is 5.27. The number of carboxylic acid groups (broad SMARTS) is 1. The highest BCUT2D eigenvalue weighted by Gasteiger charge is 2.09. The Morgan fingerprint density at radius 3 is 2.79 bits per heavy atom. The van der Waals surface area contributed by atoms with Crippen LogP contribution in [0.4, 0.5) is 0 Å². The monoisotopic (exact) mass is 214 g/mol. The van der Waals surface area contributed by atoms with Crippen LogP contribution < -0.4 is 4.74 Å². The molecule has 1 rings (SSSR count). The smallest absolute Gasteiger partial charge is 0.339 e. The summed E-state index contributed by atoms with van der Waals surface area (Å²) in [6, 6.07) is 6.55. The Hall–Kier alpha value is -1.22. The van der Waals surface area contributed by atoms with Gasteiger partial charge in [-0.25, -0.2) is 4.79 Å². The topological polar surface area (TPSA) is 46.5 Å². The third kappa shape index (κ3) is 2.92. The van der Waals surface area contributed by atoms with Crippen molar-refractivity contribution in [1.29, 1.82) is 0 Å². The van der Waals surface area contributed by atoms with Gasteiger partial charge < -0.3 is 9.84 Å². The molecule has 0 bridgehead atoms. The molecule has 4 heteroatoms. The van der Waals surface area contributed by atoms with Crippen molar-refractivity contribution in [2.75, 3.05) is 12.5 Å². The molecule has 14 heavy (non-hydrogen) atoms. The first kappa shape index (κ1) is 10.9. The van der Waals surface area contributed by atoms with Gasteiger partial charge in [0.05, 0.1) is 6.61 Å². The molecule has 0 heterocycles. The van der Waals surface area contributed by atoms with Gasteiger partial charge in [-0.3, -0.25) is 0 Å². The van der Waals surface area contributed by atoms with Crippen LogP contribution in [0.2, 0.25) is 0 Å². The fraction of sp³-hybridized carbons (Fsp3) is 0.300. The van der Waals surface area contributed by atoms with E-state index < -0.39 is 5.97 Å². The molecule has 0 saturated heterocycles. The number of alkyl halides is 1. The molecule has 1 aromatic rings. The summed E-state index contributed by atoms with van der Waals surface area (Å²) in [6.45, 7) is 0.438. The molecule has 1 aromatic carbocycles. The van der Waals surface area contributed by atoms with Crippen molar-refractivity contribution in [2.45, 2.75) is 6.42 Å². The van der Waals surface area contributed by atoms with E-state index in [0.29, 0.717) is 24.7 Å². The molecule has 0 unspecified atom stereocenters. The first-order valence-corrected chi connectivity index (χ1v) is 4.80. The summed E-state index contributed by atoms with van der Waals surface area (Å²) in [5, 5.41) is 8.82. The van der Waals surface area contributed by atoms with E-state index in [9.17, 15) is 4.79 Å². The van der Waals surface area contributed by atoms with E-state index in [1.165, 1.54) is 6.07 Å². The molecule has 0 spiro atoms. The largest absolute Gasteiger partial charge is 0.493 e. The Morgan fingerprint density at radius 1 is 1.43 bits per heavy atom. The lowest BCUT2D eigenvalue weighted by Crippen LogP contribution is -2.04. The zero-order valence-corrected chi connectivity index (χ0v) is 8.33. The fourth-order valence-electron chi connectivity index (χ4n) is 1.01. The first-order chi connectivity index (χ1) is 6.75. The third-order valence-electron chi connectivity index (χ3n) is 1.65. The van der Waals surface area contributed by atoms with Crippen molar-refractivity contribution in [1.82, 2.24) is 0 Å². The van der Waals surface area contributed by atoms with Gasteiger partial charge in [-0.05, 0) is 18.6 Å². The summed E-state index contributed by atoms with van der Waals surface area (Å²) in [6.07, 6.45) is 0.704. The Labute approximate surface area is 87.3 Å². The van der Waals surface area contributed by atoms with Gasteiger partial charge >= 0.3 is 5.97 Å². The second kappa shape index (κ2) is 5.50. The summed E-state index contributed by atoms with van der Waals surface area (Å²) in [4.78, 5) is 10.7. The average Bonchev–Trinajstić information content (AvgIpc) is 2.19. The fourth-order valence-corrected chi connectivity index (χ4v) is 1.11. The third-order valence-corrected chi connectivity index (χ3v) is 1.92. The molecule has 0 aromatic heterocycles. The van der Waals surface area contributed by atoms with E-state index in [2.05, 4.69) is 0 Å². The van der Waals surface area contributed by atoms with Gasteiger partial charge in [-0.15, -0.1) is 11.6 Å². The molecule has 0 aliphatic rings. The van der Waals surface area contributed by atoms with Crippen LogP contribution in [0.1, 0.15) is 16.8 Å². The van der Waals surface area contributed by atoms with Gasteiger partial charge in [0.25, 0.3) is 0 Å². The molecule has 3 nitrogen and oxygen atoms in total. The summed E-state index contributed by atoms with van der Waals surface area (Å²) >= 11 is 5.47. The number of hydrogen-bond acceptors (Lipinski definition) is 2. The summed E-state index contributed by atoms with van der Waals surface area (Å²) in [5.41, 5.74) is 0.182. The lowest BCUT2D eigenvalue weighted by molar-refractivity contribution is 0.0692. The van der Waals surface area contributed by atoms with Crippen LogP contribution in [0, 0.1) is 0 Å². The number of benzene rings is 1. The highest BCUT2D eigenvalue weighted by Crippen LogP contribution is 2.17. The molecular weight excluding hydrogens is 204 g/mol. The molecule has 0 aliphatic carbocycles. The van der Waals surface area contributed by atoms with Crippen LogP contribution >= 0.6 is 11.6 Å². The SMILES string of the molecule is O=C(O)c1ccccc1OCCCCl. The maximum atomic E-state index is 10.7. The molecule has 0 amide bonds. The predicted octanol–water partition coefficient (Wildman–Crippen LogP) is 2.39. The number of ether oxygens (including phenoxy) is 1. The van der Waals surface area contributed by atoms with E-state index in [0.717, 1.165) is 0 Å². The minimum Gasteiger partial charge on any atom is -0.493 e. The number of halogens is 1. The Balaban J connectivity index is 2.69. The molecule has 0 saturated carbocycles. The van der Waals surface area contributed by atoms with Gasteiger partial charge in [0.2, 0.25) is 0 Å². The summed E-state index contributed by atoms with van der Waals surface area (Å²) in [5.74, 6) is -0.0773. The van der Waals surface area contributed by atoms with Gasteiger partial charge in [0.1, 0.15) is 11.3 Å². The molecule has 1 N–H and O–H groups in total. The highest BCUT2D eigenvalue weighted by molar-refractivity contribution is 6.17. The average molecular weight is 215 g/mol. The highest BCUT2D eigenvalue weighted by atomic mass is 35.5. The molecule has 0 aliphatic heterocycles. The zero-order valence-electron chi connectivity index (χ0n) is 7.57. The number of hydrogen-bond donors (Lipinski definition) is 1. The van der Waals surface area contributed by atoms with Crippen molar-refractivity contribution in [2.24, 2.45) is 0 Å². The number of rotatable bonds is 5. The van der Waals surface area contributed by atoms with E-state index >= 15 is 0 Å². The van der Waals surface area contributed by atoms with Crippen LogP contribution in [0.15, 0.2) is 24.3 Å². The second-order valence-electron chi connectivity index (χ2n) is 2.69. The van der Waals surface area contributed by atoms with E-state index in [1.54, 1.807) is 18.2 Å². The Bertz CT molecular complexity index is 312. The lowest BCUT2D eigenvalue weighted by Gasteiger charge is -2.07. The van der Waals surface area contributed by atoms with Crippen molar-refractivity contribution >= 4 is 17.6 Å². The van der Waals surface area contributed by atoms with Crippen molar-refractivity contribution in [3.8, 4) is 5.75 Å². The maximum absolute atomic E-state index is 10.7. The van der Waals surface area contributed by atoms with Crippen LogP contribution in [-0.4, -0.2) is 23.6 Å². The summed E-state index contributed by atoms with van der Waals surface area (Å²) in [7, 11) is 0. The van der Waals surface area contributed by atoms with Crippen molar-refractivity contribution in [3.63, 3.8) is 0 Å². The van der Waals surface area contributed by atoms with Crippen molar-refractivity contribution < 1.29 is 14.6 Å². The van der Waals surface area contributed by atoms with E-state index in [4.69, 9.17) is 21.4 Å². The molecule has 76 valence electrons. The number of aromatic carboxylic acids is 1. The quantitative estimate of drug-likeness (QED) is 0.605. The first-order valence-electron chi connectivity index (χ1n) is 4.27. The Morgan fingerprint density at radius 2 is 2.14 bits per heavy atom. The minimum atomic E-state index is -0.980. The van der Waals surface area contributed by atoms with Crippen LogP contribution in [0.5, 0.6) is 5.75 Å². The van der Waals surface area contributed by atoms with Crippen molar-refractivity contribution in [3.05, 3.63) is 29.8 Å².